The average Bonchev–Trinajstić information content (AvgIpc) is 2.46. The van der Waals surface area contributed by atoms with Crippen molar-refractivity contribution in [1.82, 2.24) is 0 Å². The molecule has 0 heterocycles. The summed E-state index contributed by atoms with van der Waals surface area (Å²) in [5.41, 5.74) is 7.70. The van der Waals surface area contributed by atoms with Crippen molar-refractivity contribution in [2.75, 3.05) is 0 Å². The zero-order valence-corrected chi connectivity index (χ0v) is 10.8. The summed E-state index contributed by atoms with van der Waals surface area (Å²) in [4.78, 5) is 0. The van der Waals surface area contributed by atoms with Gasteiger partial charge in [-0.05, 0) is 48.9 Å². The molecule has 0 aliphatic rings. The van der Waals surface area contributed by atoms with Crippen LogP contribution in [0.15, 0.2) is 58.7 Å². The van der Waals surface area contributed by atoms with E-state index in [1.165, 1.54) is 36.4 Å². The molecule has 102 valence electrons. The van der Waals surface area contributed by atoms with Crippen LogP contribution in [0.4, 0.5) is 8.78 Å². The van der Waals surface area contributed by atoms with Gasteiger partial charge in [0.05, 0.1) is 5.71 Å². The fraction of sp³-hybridized carbons (Fsp3) is 0.0667. The summed E-state index contributed by atoms with van der Waals surface area (Å²) in [6.07, 6.45) is 0. The smallest absolute Gasteiger partial charge is 0.153 e. The van der Waals surface area contributed by atoms with Crippen LogP contribution in [0.2, 0.25) is 0 Å². The van der Waals surface area contributed by atoms with Crippen LogP contribution in [0.25, 0.3) is 0 Å². The molecule has 0 aliphatic carbocycles. The van der Waals surface area contributed by atoms with Crippen LogP contribution in [0.5, 0.6) is 0 Å². The first-order valence-electron chi connectivity index (χ1n) is 5.96. The third-order valence-electron chi connectivity index (χ3n) is 2.71. The van der Waals surface area contributed by atoms with Crippen molar-refractivity contribution in [2.24, 2.45) is 15.9 Å². The predicted molar refractivity (Wildman–Crippen MR) is 75.7 cm³/mol. The lowest BCUT2D eigenvalue weighted by Crippen LogP contribution is -2.12. The molecule has 0 bridgehead atoms. The maximum atomic E-state index is 12.8. The molecule has 3 nitrogen and oxygen atoms in total. The Labute approximate surface area is 115 Å². The van der Waals surface area contributed by atoms with Crippen LogP contribution in [0.1, 0.15) is 18.1 Å². The molecule has 2 rings (SSSR count). The first kappa shape index (κ1) is 13.9. The minimum Gasteiger partial charge on any atom is -0.382 e. The zero-order chi connectivity index (χ0) is 14.5. The van der Waals surface area contributed by atoms with E-state index in [9.17, 15) is 8.78 Å². The van der Waals surface area contributed by atoms with E-state index in [2.05, 4.69) is 10.2 Å². The van der Waals surface area contributed by atoms with E-state index in [4.69, 9.17) is 5.73 Å². The van der Waals surface area contributed by atoms with Crippen molar-refractivity contribution in [3.8, 4) is 0 Å². The minimum absolute atomic E-state index is 0.187. The topological polar surface area (TPSA) is 50.7 Å². The molecule has 2 N–H and O–H groups in total. The van der Waals surface area contributed by atoms with Gasteiger partial charge in [-0.3, -0.25) is 0 Å². The molecular weight excluding hydrogens is 260 g/mol. The van der Waals surface area contributed by atoms with Crippen molar-refractivity contribution in [1.29, 1.82) is 0 Å². The van der Waals surface area contributed by atoms with Crippen molar-refractivity contribution in [3.05, 3.63) is 71.3 Å². The van der Waals surface area contributed by atoms with Gasteiger partial charge in [0.2, 0.25) is 0 Å². The Hall–Kier alpha value is -2.56. The van der Waals surface area contributed by atoms with Crippen LogP contribution in [-0.2, 0) is 0 Å². The van der Waals surface area contributed by atoms with Crippen LogP contribution in [0.3, 0.4) is 0 Å². The fourth-order valence-corrected chi connectivity index (χ4v) is 1.56. The van der Waals surface area contributed by atoms with E-state index in [0.717, 1.165) is 5.56 Å². The minimum atomic E-state index is -0.340. The van der Waals surface area contributed by atoms with Gasteiger partial charge in [0.25, 0.3) is 0 Å². The monoisotopic (exact) mass is 273 g/mol. The summed E-state index contributed by atoms with van der Waals surface area (Å²) in [6.45, 7) is 1.74. The summed E-state index contributed by atoms with van der Waals surface area (Å²) in [5, 5.41) is 7.88. The number of hydrogen-bond acceptors (Lipinski definition) is 2. The number of hydrogen-bond donors (Lipinski definition) is 1. The van der Waals surface area contributed by atoms with Gasteiger partial charge in [-0.15, -0.1) is 5.10 Å². The molecule has 0 unspecified atom stereocenters. The van der Waals surface area contributed by atoms with Gasteiger partial charge in [0, 0.05) is 5.56 Å². The number of amidine groups is 1. The Balaban J connectivity index is 2.19. The Morgan fingerprint density at radius 1 is 0.800 bits per heavy atom. The van der Waals surface area contributed by atoms with Crippen LogP contribution in [0, 0.1) is 11.6 Å². The maximum absolute atomic E-state index is 12.8. The van der Waals surface area contributed by atoms with Gasteiger partial charge in [-0.2, -0.15) is 5.10 Å². The van der Waals surface area contributed by atoms with Gasteiger partial charge in [0.1, 0.15) is 11.6 Å². The van der Waals surface area contributed by atoms with Gasteiger partial charge in [-0.1, -0.05) is 12.1 Å². The second-order valence-electron chi connectivity index (χ2n) is 4.18. The van der Waals surface area contributed by atoms with E-state index in [1.54, 1.807) is 19.1 Å². The molecule has 0 saturated heterocycles. The average molecular weight is 273 g/mol. The van der Waals surface area contributed by atoms with Crippen LogP contribution in [-0.4, -0.2) is 11.5 Å². The highest BCUT2D eigenvalue weighted by Gasteiger charge is 2.00. The van der Waals surface area contributed by atoms with Gasteiger partial charge in [0.15, 0.2) is 5.84 Å². The molecule has 0 aliphatic heterocycles. The molecule has 0 radical (unpaired) electrons. The molecule has 0 amide bonds. The van der Waals surface area contributed by atoms with Gasteiger partial charge in [-0.25, -0.2) is 8.78 Å². The molecule has 2 aromatic carbocycles. The van der Waals surface area contributed by atoms with E-state index < -0.39 is 0 Å². The molecule has 0 saturated carbocycles. The van der Waals surface area contributed by atoms with Crippen molar-refractivity contribution in [3.63, 3.8) is 0 Å². The highest BCUT2D eigenvalue weighted by molar-refractivity contribution is 6.01. The first-order chi connectivity index (χ1) is 9.56. The summed E-state index contributed by atoms with van der Waals surface area (Å²) >= 11 is 0. The lowest BCUT2D eigenvalue weighted by molar-refractivity contribution is 0.627. The number of halogens is 2. The molecule has 0 aromatic heterocycles. The predicted octanol–water partition coefficient (Wildman–Crippen LogP) is 3.09. The number of nitrogens with zero attached hydrogens (tertiary/aromatic N) is 2. The van der Waals surface area contributed by atoms with Crippen LogP contribution >= 0.6 is 0 Å². The van der Waals surface area contributed by atoms with Crippen molar-refractivity contribution < 1.29 is 8.78 Å². The molecule has 0 atom stereocenters. The third-order valence-corrected chi connectivity index (χ3v) is 2.71. The van der Waals surface area contributed by atoms with Gasteiger partial charge >= 0.3 is 0 Å². The fourth-order valence-electron chi connectivity index (χ4n) is 1.56. The molecule has 20 heavy (non-hydrogen) atoms. The Bertz CT molecular complexity index is 584. The van der Waals surface area contributed by atoms with E-state index in [0.29, 0.717) is 11.3 Å². The van der Waals surface area contributed by atoms with Gasteiger partial charge < -0.3 is 5.73 Å². The third kappa shape index (κ3) is 3.47. The molecular formula is C15H13F2N3. The van der Waals surface area contributed by atoms with E-state index in [-0.39, 0.29) is 17.5 Å². The molecule has 2 aromatic rings. The SMILES string of the molecule is C/C(=N\N=C(/N)c1ccc(F)cc1)c1ccc(F)cc1. The highest BCUT2D eigenvalue weighted by atomic mass is 19.1. The number of rotatable bonds is 3. The first-order valence-corrected chi connectivity index (χ1v) is 5.96. The number of nitrogens with two attached hydrogens (primary N) is 1. The molecule has 0 fully saturated rings. The molecule has 5 heteroatoms. The van der Waals surface area contributed by atoms with E-state index in [1.807, 2.05) is 0 Å². The zero-order valence-electron chi connectivity index (χ0n) is 10.8. The number of benzene rings is 2. The normalized spacial score (nSPS) is 12.6. The lowest BCUT2D eigenvalue weighted by atomic mass is 10.1. The second-order valence-corrected chi connectivity index (χ2v) is 4.18. The summed E-state index contributed by atoms with van der Waals surface area (Å²) in [6, 6.07) is 11.6. The lowest BCUT2D eigenvalue weighted by Gasteiger charge is -2.00. The van der Waals surface area contributed by atoms with Crippen LogP contribution < -0.4 is 5.73 Å². The Kier molecular flexibility index (Phi) is 4.20. The standard InChI is InChI=1S/C15H13F2N3/c1-10(11-2-6-13(16)7-3-11)19-20-15(18)12-4-8-14(17)9-5-12/h2-9H,1H3,(H2,18,20)/b19-10+. The largest absolute Gasteiger partial charge is 0.382 e. The summed E-state index contributed by atoms with van der Waals surface area (Å²) in [7, 11) is 0. The second kappa shape index (κ2) is 6.06. The maximum Gasteiger partial charge on any atom is 0.153 e. The van der Waals surface area contributed by atoms with E-state index >= 15 is 0 Å². The Morgan fingerprint density at radius 3 is 1.75 bits per heavy atom. The van der Waals surface area contributed by atoms with Crippen molar-refractivity contribution in [2.45, 2.75) is 6.92 Å². The quantitative estimate of drug-likeness (QED) is 0.521. The summed E-state index contributed by atoms with van der Waals surface area (Å²) in [5.74, 6) is -0.463. The summed E-state index contributed by atoms with van der Waals surface area (Å²) < 4.78 is 25.6. The molecule has 0 spiro atoms. The highest BCUT2D eigenvalue weighted by Crippen LogP contribution is 2.06. The van der Waals surface area contributed by atoms with Crippen molar-refractivity contribution >= 4 is 11.5 Å². The Morgan fingerprint density at radius 2 is 1.25 bits per heavy atom.